The predicted octanol–water partition coefficient (Wildman–Crippen LogP) is 3.17. The van der Waals surface area contributed by atoms with Gasteiger partial charge >= 0.3 is 6.03 Å². The van der Waals surface area contributed by atoms with Gasteiger partial charge in [-0.05, 0) is 26.0 Å². The Morgan fingerprint density at radius 1 is 1.26 bits per heavy atom. The van der Waals surface area contributed by atoms with E-state index in [1.54, 1.807) is 11.1 Å². The zero-order chi connectivity index (χ0) is 18.9. The van der Waals surface area contributed by atoms with Crippen molar-refractivity contribution in [3.63, 3.8) is 0 Å². The first-order chi connectivity index (χ1) is 13.0. The molecule has 1 aliphatic heterocycles. The van der Waals surface area contributed by atoms with Gasteiger partial charge in [-0.1, -0.05) is 18.2 Å². The fourth-order valence-corrected chi connectivity index (χ4v) is 3.16. The maximum atomic E-state index is 12.7. The predicted molar refractivity (Wildman–Crippen MR) is 99.1 cm³/mol. The smallest absolute Gasteiger partial charge is 0.318 e. The number of carbonyl (C=O) groups excluding carboxylic acids is 1. The molecule has 0 saturated heterocycles. The third-order valence-corrected chi connectivity index (χ3v) is 4.69. The number of anilines is 2. The number of benzene rings is 1. The van der Waals surface area contributed by atoms with E-state index in [0.717, 1.165) is 16.9 Å². The van der Waals surface area contributed by atoms with Crippen LogP contribution < -0.4 is 10.6 Å². The lowest BCUT2D eigenvalue weighted by Gasteiger charge is -2.31. The first kappa shape index (κ1) is 17.0. The van der Waals surface area contributed by atoms with Crippen molar-refractivity contribution in [2.24, 2.45) is 0 Å². The minimum Gasteiger partial charge on any atom is -0.451 e. The van der Waals surface area contributed by atoms with Gasteiger partial charge < -0.3 is 20.0 Å². The van der Waals surface area contributed by atoms with Gasteiger partial charge in [0.05, 0.1) is 30.0 Å². The van der Waals surface area contributed by atoms with Gasteiger partial charge in [-0.25, -0.2) is 19.7 Å². The summed E-state index contributed by atoms with van der Waals surface area (Å²) in [4.78, 5) is 27.5. The number of rotatable bonds is 4. The normalized spacial score (nSPS) is 14.7. The molecule has 0 aliphatic carbocycles. The number of amides is 2. The fraction of sp³-hybridized carbons (Fsp3) is 0.263. The lowest BCUT2D eigenvalue weighted by atomic mass is 9.97. The summed E-state index contributed by atoms with van der Waals surface area (Å²) in [6.07, 6.45) is 4.64. The molecular formula is C19H20N6O2. The van der Waals surface area contributed by atoms with Crippen molar-refractivity contribution in [3.05, 3.63) is 66.1 Å². The molecule has 2 amide bonds. The van der Waals surface area contributed by atoms with E-state index < -0.39 is 5.54 Å². The summed E-state index contributed by atoms with van der Waals surface area (Å²) in [5.74, 6) is 0.514. The molecule has 0 saturated carbocycles. The molecule has 2 aromatic heterocycles. The highest BCUT2D eigenvalue weighted by molar-refractivity contribution is 5.76. The average Bonchev–Trinajstić information content (AvgIpc) is 3.27. The van der Waals surface area contributed by atoms with Gasteiger partial charge in [-0.15, -0.1) is 0 Å². The fourth-order valence-electron chi connectivity index (χ4n) is 3.16. The Morgan fingerprint density at radius 3 is 2.81 bits per heavy atom. The van der Waals surface area contributed by atoms with Gasteiger partial charge in [0.2, 0.25) is 5.95 Å². The Balaban J connectivity index is 1.50. The van der Waals surface area contributed by atoms with Crippen molar-refractivity contribution in [2.45, 2.75) is 32.5 Å². The summed E-state index contributed by atoms with van der Waals surface area (Å²) in [7, 11) is 0. The Kier molecular flexibility index (Phi) is 4.23. The molecule has 1 aliphatic rings. The number of urea groups is 1. The molecular weight excluding hydrogens is 344 g/mol. The van der Waals surface area contributed by atoms with Gasteiger partial charge in [0.1, 0.15) is 6.26 Å². The van der Waals surface area contributed by atoms with Crippen molar-refractivity contribution in [1.29, 1.82) is 0 Å². The molecule has 27 heavy (non-hydrogen) atoms. The van der Waals surface area contributed by atoms with Gasteiger partial charge in [0.25, 0.3) is 0 Å². The summed E-state index contributed by atoms with van der Waals surface area (Å²) < 4.78 is 4.92. The quantitative estimate of drug-likeness (QED) is 0.738. The standard InChI is InChI=1S/C19H20N6O2/c1-19(2)15-9-20-17(23-13-6-4-3-5-7-13)24-16(15)10-25(19)18(26)21-8-14-11-27-12-22-14/h3-7,9,11-12H,8,10H2,1-2H3,(H,21,26)(H,20,23,24). The number of fused-ring (bicyclic) bond motifs is 1. The molecule has 8 nitrogen and oxygen atoms in total. The molecule has 138 valence electrons. The highest BCUT2D eigenvalue weighted by atomic mass is 16.3. The van der Waals surface area contributed by atoms with Crippen LogP contribution >= 0.6 is 0 Å². The number of hydrogen-bond acceptors (Lipinski definition) is 6. The van der Waals surface area contributed by atoms with Crippen LogP contribution in [0.3, 0.4) is 0 Å². The topological polar surface area (TPSA) is 96.2 Å². The van der Waals surface area contributed by atoms with Crippen LogP contribution in [0.1, 0.15) is 30.8 Å². The van der Waals surface area contributed by atoms with E-state index in [9.17, 15) is 4.79 Å². The van der Waals surface area contributed by atoms with Crippen LogP contribution in [-0.4, -0.2) is 25.9 Å². The monoisotopic (exact) mass is 364 g/mol. The van der Waals surface area contributed by atoms with E-state index in [0.29, 0.717) is 24.7 Å². The summed E-state index contributed by atoms with van der Waals surface area (Å²) in [6, 6.07) is 9.55. The molecule has 0 spiro atoms. The largest absolute Gasteiger partial charge is 0.451 e. The third kappa shape index (κ3) is 3.33. The van der Waals surface area contributed by atoms with E-state index in [-0.39, 0.29) is 6.03 Å². The minimum atomic E-state index is -0.505. The second kappa shape index (κ2) is 6.71. The molecule has 3 aromatic rings. The Morgan fingerprint density at radius 2 is 2.07 bits per heavy atom. The zero-order valence-corrected chi connectivity index (χ0v) is 15.1. The minimum absolute atomic E-state index is 0.182. The maximum Gasteiger partial charge on any atom is 0.318 e. The van der Waals surface area contributed by atoms with Crippen molar-refractivity contribution >= 4 is 17.7 Å². The van der Waals surface area contributed by atoms with E-state index >= 15 is 0 Å². The number of oxazole rings is 1. The Bertz CT molecular complexity index is 940. The summed E-state index contributed by atoms with van der Waals surface area (Å²) in [5, 5.41) is 6.06. The van der Waals surface area contributed by atoms with Crippen molar-refractivity contribution in [3.8, 4) is 0 Å². The summed E-state index contributed by atoms with van der Waals surface area (Å²) in [6.45, 7) is 4.70. The van der Waals surface area contributed by atoms with Crippen LogP contribution in [0.5, 0.6) is 0 Å². The van der Waals surface area contributed by atoms with Crippen LogP contribution in [0.2, 0.25) is 0 Å². The van der Waals surface area contributed by atoms with E-state index in [4.69, 9.17) is 4.42 Å². The average molecular weight is 364 g/mol. The third-order valence-electron chi connectivity index (χ3n) is 4.69. The number of hydrogen-bond donors (Lipinski definition) is 2. The molecule has 3 heterocycles. The van der Waals surface area contributed by atoms with Gasteiger partial charge in [0.15, 0.2) is 6.39 Å². The molecule has 2 N–H and O–H groups in total. The first-order valence-electron chi connectivity index (χ1n) is 8.65. The molecule has 0 bridgehead atoms. The van der Waals surface area contributed by atoms with Crippen molar-refractivity contribution in [1.82, 2.24) is 25.2 Å². The molecule has 0 atom stereocenters. The van der Waals surface area contributed by atoms with E-state index in [1.807, 2.05) is 44.2 Å². The molecule has 0 fully saturated rings. The van der Waals surface area contributed by atoms with Crippen LogP contribution in [0, 0.1) is 0 Å². The molecule has 1 aromatic carbocycles. The van der Waals surface area contributed by atoms with Crippen LogP contribution in [0.15, 0.2) is 53.6 Å². The number of nitrogens with one attached hydrogen (secondary N) is 2. The molecule has 4 rings (SSSR count). The van der Waals surface area contributed by atoms with Crippen molar-refractivity contribution < 1.29 is 9.21 Å². The van der Waals surface area contributed by atoms with E-state index in [1.165, 1.54) is 12.7 Å². The number of nitrogens with zero attached hydrogens (tertiary/aromatic N) is 4. The van der Waals surface area contributed by atoms with Crippen molar-refractivity contribution in [2.75, 3.05) is 5.32 Å². The second-order valence-electron chi connectivity index (χ2n) is 6.83. The summed E-state index contributed by atoms with van der Waals surface area (Å²) >= 11 is 0. The maximum absolute atomic E-state index is 12.7. The van der Waals surface area contributed by atoms with Gasteiger partial charge in [0, 0.05) is 17.4 Å². The molecule has 8 heteroatoms. The van der Waals surface area contributed by atoms with Crippen LogP contribution in [-0.2, 0) is 18.6 Å². The first-order valence-corrected chi connectivity index (χ1v) is 8.65. The Labute approximate surface area is 156 Å². The highest BCUT2D eigenvalue weighted by Gasteiger charge is 2.41. The lowest BCUT2D eigenvalue weighted by Crippen LogP contribution is -2.45. The molecule has 0 unspecified atom stereocenters. The number of carbonyl (C=O) groups is 1. The number of para-hydroxylation sites is 1. The SMILES string of the molecule is CC1(C)c2cnc(Nc3ccccc3)nc2CN1C(=O)NCc1cocn1. The van der Waals surface area contributed by atoms with Gasteiger partial charge in [-0.3, -0.25) is 0 Å². The lowest BCUT2D eigenvalue weighted by molar-refractivity contribution is 0.144. The second-order valence-corrected chi connectivity index (χ2v) is 6.83. The zero-order valence-electron chi connectivity index (χ0n) is 15.1. The summed E-state index contributed by atoms with van der Waals surface area (Å²) in [5.41, 5.74) is 2.86. The highest BCUT2D eigenvalue weighted by Crippen LogP contribution is 2.37. The van der Waals surface area contributed by atoms with Crippen LogP contribution in [0.4, 0.5) is 16.4 Å². The van der Waals surface area contributed by atoms with Crippen LogP contribution in [0.25, 0.3) is 0 Å². The van der Waals surface area contributed by atoms with E-state index in [2.05, 4.69) is 25.6 Å². The number of aromatic nitrogens is 3. The molecule has 0 radical (unpaired) electrons. The Hall–Kier alpha value is -3.42. The van der Waals surface area contributed by atoms with Gasteiger partial charge in [-0.2, -0.15) is 0 Å².